The quantitative estimate of drug-likeness (QED) is 0.691. The van der Waals surface area contributed by atoms with Gasteiger partial charge in [0.15, 0.2) is 5.82 Å². The standard InChI is InChI=1S/C21H19F2N5O/c1-14(18-10-16(22)8-9-19(18)23)27(2)13-20(29)26-21-15(11-24)12-25-28(21)17-6-4-3-5-7-17/h3-10,12,14H,13H2,1-2H3,(H,26,29). The molecular weight excluding hydrogens is 376 g/mol. The lowest BCUT2D eigenvalue weighted by Gasteiger charge is -2.25. The molecule has 0 radical (unpaired) electrons. The van der Waals surface area contributed by atoms with Crippen LogP contribution in [-0.4, -0.2) is 34.2 Å². The number of anilines is 1. The summed E-state index contributed by atoms with van der Waals surface area (Å²) in [5.74, 6) is -1.25. The Morgan fingerprint density at radius 2 is 2.00 bits per heavy atom. The Morgan fingerprint density at radius 1 is 1.28 bits per heavy atom. The molecule has 1 aromatic heterocycles. The molecule has 1 unspecified atom stereocenters. The molecule has 0 aliphatic carbocycles. The van der Waals surface area contributed by atoms with Crippen LogP contribution in [0.3, 0.4) is 0 Å². The number of amides is 1. The number of nitrogens with one attached hydrogen (secondary N) is 1. The van der Waals surface area contributed by atoms with Gasteiger partial charge in [-0.1, -0.05) is 18.2 Å². The maximum absolute atomic E-state index is 14.0. The summed E-state index contributed by atoms with van der Waals surface area (Å²) in [7, 11) is 1.63. The number of likely N-dealkylation sites (N-methyl/N-ethyl adjacent to an activating group) is 1. The average Bonchev–Trinajstić information content (AvgIpc) is 3.12. The van der Waals surface area contributed by atoms with E-state index < -0.39 is 23.6 Å². The molecule has 0 bridgehead atoms. The highest BCUT2D eigenvalue weighted by molar-refractivity contribution is 5.93. The number of benzene rings is 2. The Morgan fingerprint density at radius 3 is 2.69 bits per heavy atom. The maximum Gasteiger partial charge on any atom is 0.239 e. The second kappa shape index (κ2) is 8.63. The fourth-order valence-electron chi connectivity index (χ4n) is 2.92. The summed E-state index contributed by atoms with van der Waals surface area (Å²) < 4.78 is 29.0. The van der Waals surface area contributed by atoms with Crippen molar-refractivity contribution in [2.45, 2.75) is 13.0 Å². The first-order valence-electron chi connectivity index (χ1n) is 8.89. The molecule has 2 aromatic carbocycles. The highest BCUT2D eigenvalue weighted by Crippen LogP contribution is 2.23. The van der Waals surface area contributed by atoms with E-state index in [0.717, 1.165) is 18.2 Å². The van der Waals surface area contributed by atoms with Gasteiger partial charge in [0, 0.05) is 11.6 Å². The van der Waals surface area contributed by atoms with E-state index in [-0.39, 0.29) is 23.5 Å². The highest BCUT2D eigenvalue weighted by atomic mass is 19.1. The Hall–Kier alpha value is -3.57. The number of hydrogen-bond acceptors (Lipinski definition) is 4. The number of hydrogen-bond donors (Lipinski definition) is 1. The molecule has 6 nitrogen and oxygen atoms in total. The smallest absolute Gasteiger partial charge is 0.239 e. The van der Waals surface area contributed by atoms with Crippen molar-refractivity contribution in [3.05, 3.63) is 77.5 Å². The van der Waals surface area contributed by atoms with Crippen LogP contribution in [0.2, 0.25) is 0 Å². The number of carbonyl (C=O) groups excluding carboxylic acids is 1. The molecule has 1 atom stereocenters. The number of nitriles is 1. The lowest BCUT2D eigenvalue weighted by Crippen LogP contribution is -2.33. The molecule has 0 fully saturated rings. The largest absolute Gasteiger partial charge is 0.308 e. The second-order valence-electron chi connectivity index (χ2n) is 6.57. The van der Waals surface area contributed by atoms with Crippen molar-refractivity contribution in [3.8, 4) is 11.8 Å². The normalized spacial score (nSPS) is 11.9. The van der Waals surface area contributed by atoms with Crippen LogP contribution in [-0.2, 0) is 4.79 Å². The molecule has 29 heavy (non-hydrogen) atoms. The van der Waals surface area contributed by atoms with Crippen molar-refractivity contribution < 1.29 is 13.6 Å². The van der Waals surface area contributed by atoms with E-state index in [9.17, 15) is 18.8 Å². The van der Waals surface area contributed by atoms with Crippen molar-refractivity contribution >= 4 is 11.7 Å². The molecule has 0 aliphatic rings. The lowest BCUT2D eigenvalue weighted by molar-refractivity contribution is -0.117. The summed E-state index contributed by atoms with van der Waals surface area (Å²) >= 11 is 0. The predicted molar refractivity (Wildman–Crippen MR) is 104 cm³/mol. The molecule has 1 amide bonds. The van der Waals surface area contributed by atoms with E-state index in [4.69, 9.17) is 0 Å². The number of carbonyl (C=O) groups is 1. The molecule has 0 spiro atoms. The summed E-state index contributed by atoms with van der Waals surface area (Å²) in [5.41, 5.74) is 1.06. The Balaban J connectivity index is 1.77. The van der Waals surface area contributed by atoms with Gasteiger partial charge in [-0.15, -0.1) is 0 Å². The average molecular weight is 395 g/mol. The molecule has 1 heterocycles. The van der Waals surface area contributed by atoms with Gasteiger partial charge in [0.2, 0.25) is 5.91 Å². The minimum absolute atomic E-state index is 0.0953. The van der Waals surface area contributed by atoms with Gasteiger partial charge >= 0.3 is 0 Å². The monoisotopic (exact) mass is 395 g/mol. The SMILES string of the molecule is CC(c1cc(F)ccc1F)N(C)CC(=O)Nc1c(C#N)cnn1-c1ccccc1. The third-order valence-electron chi connectivity index (χ3n) is 4.61. The first kappa shape index (κ1) is 20.2. The molecule has 0 saturated heterocycles. The fraction of sp³-hybridized carbons (Fsp3) is 0.190. The molecule has 3 aromatic rings. The number of para-hydroxylation sites is 1. The van der Waals surface area contributed by atoms with Gasteiger partial charge in [-0.25, -0.2) is 13.5 Å². The number of nitrogens with zero attached hydrogens (tertiary/aromatic N) is 4. The zero-order valence-electron chi connectivity index (χ0n) is 15.9. The second-order valence-corrected chi connectivity index (χ2v) is 6.57. The van der Waals surface area contributed by atoms with E-state index in [2.05, 4.69) is 10.4 Å². The topological polar surface area (TPSA) is 74.0 Å². The molecule has 8 heteroatoms. The molecule has 0 saturated carbocycles. The number of halogens is 2. The van der Waals surface area contributed by atoms with Crippen molar-refractivity contribution in [3.63, 3.8) is 0 Å². The van der Waals surface area contributed by atoms with Gasteiger partial charge in [-0.2, -0.15) is 10.4 Å². The Labute approximate surface area is 167 Å². The van der Waals surface area contributed by atoms with Gasteiger partial charge in [0.05, 0.1) is 18.4 Å². The highest BCUT2D eigenvalue weighted by Gasteiger charge is 2.21. The summed E-state index contributed by atoms with van der Waals surface area (Å²) in [6.07, 6.45) is 1.37. The van der Waals surface area contributed by atoms with Crippen LogP contribution in [0.1, 0.15) is 24.1 Å². The third kappa shape index (κ3) is 4.47. The fourth-order valence-corrected chi connectivity index (χ4v) is 2.92. The number of aromatic nitrogens is 2. The maximum atomic E-state index is 14.0. The van der Waals surface area contributed by atoms with Crippen LogP contribution in [0.5, 0.6) is 0 Å². The lowest BCUT2D eigenvalue weighted by atomic mass is 10.1. The zero-order valence-corrected chi connectivity index (χ0v) is 15.9. The van der Waals surface area contributed by atoms with Crippen molar-refractivity contribution in [1.82, 2.24) is 14.7 Å². The molecular formula is C21H19F2N5O. The third-order valence-corrected chi connectivity index (χ3v) is 4.61. The molecule has 3 rings (SSSR count). The van der Waals surface area contributed by atoms with Crippen molar-refractivity contribution in [2.24, 2.45) is 0 Å². The van der Waals surface area contributed by atoms with Crippen LogP contribution in [0.15, 0.2) is 54.7 Å². The van der Waals surface area contributed by atoms with Crippen molar-refractivity contribution in [2.75, 3.05) is 18.9 Å². The van der Waals surface area contributed by atoms with Crippen LogP contribution >= 0.6 is 0 Å². The van der Waals surface area contributed by atoms with E-state index in [1.165, 1.54) is 10.9 Å². The van der Waals surface area contributed by atoms with Crippen molar-refractivity contribution in [1.29, 1.82) is 5.26 Å². The van der Waals surface area contributed by atoms with Crippen LogP contribution in [0.25, 0.3) is 5.69 Å². The van der Waals surface area contributed by atoms with Crippen LogP contribution in [0.4, 0.5) is 14.6 Å². The van der Waals surface area contributed by atoms with Gasteiger partial charge in [-0.05, 0) is 44.3 Å². The van der Waals surface area contributed by atoms with Gasteiger partial charge in [0.1, 0.15) is 23.3 Å². The van der Waals surface area contributed by atoms with E-state index in [0.29, 0.717) is 5.69 Å². The van der Waals surface area contributed by atoms with Crippen LogP contribution < -0.4 is 5.32 Å². The molecule has 0 aliphatic heterocycles. The minimum Gasteiger partial charge on any atom is -0.308 e. The first-order chi connectivity index (χ1) is 13.9. The predicted octanol–water partition coefficient (Wildman–Crippen LogP) is 3.65. The Kier molecular flexibility index (Phi) is 6.00. The summed E-state index contributed by atoms with van der Waals surface area (Å²) in [4.78, 5) is 14.2. The minimum atomic E-state index is -0.545. The summed E-state index contributed by atoms with van der Waals surface area (Å²) in [5, 5.41) is 16.2. The van der Waals surface area contributed by atoms with Crippen LogP contribution in [0, 0.1) is 23.0 Å². The summed E-state index contributed by atoms with van der Waals surface area (Å²) in [6, 6.07) is 13.8. The molecule has 148 valence electrons. The van der Waals surface area contributed by atoms with Gasteiger partial charge in [-0.3, -0.25) is 9.69 Å². The number of rotatable bonds is 6. The molecule has 1 N–H and O–H groups in total. The van der Waals surface area contributed by atoms with Gasteiger partial charge in [0.25, 0.3) is 0 Å². The van der Waals surface area contributed by atoms with E-state index >= 15 is 0 Å². The van der Waals surface area contributed by atoms with E-state index in [1.54, 1.807) is 31.0 Å². The summed E-state index contributed by atoms with van der Waals surface area (Å²) in [6.45, 7) is 1.59. The van der Waals surface area contributed by atoms with Gasteiger partial charge < -0.3 is 5.32 Å². The first-order valence-corrected chi connectivity index (χ1v) is 8.89. The zero-order chi connectivity index (χ0) is 21.0. The van der Waals surface area contributed by atoms with E-state index in [1.807, 2.05) is 24.3 Å². The Bertz CT molecular complexity index is 1060.